The second kappa shape index (κ2) is 9.45. The number of anilines is 2. The predicted octanol–water partition coefficient (Wildman–Crippen LogP) is 1.34. The molecular formula is C21H27N4O5+. The van der Waals surface area contributed by atoms with Crippen molar-refractivity contribution in [1.29, 1.82) is 0 Å². The Morgan fingerprint density at radius 2 is 1.90 bits per heavy atom. The van der Waals surface area contributed by atoms with E-state index in [1.165, 1.54) is 25.3 Å². The van der Waals surface area contributed by atoms with Crippen LogP contribution in [0.2, 0.25) is 0 Å². The van der Waals surface area contributed by atoms with Crippen LogP contribution in [-0.2, 0) is 4.79 Å². The van der Waals surface area contributed by atoms with E-state index in [0.717, 1.165) is 42.5 Å². The van der Waals surface area contributed by atoms with Crippen molar-refractivity contribution in [3.63, 3.8) is 0 Å². The highest BCUT2D eigenvalue weighted by Gasteiger charge is 2.30. The molecule has 1 heterocycles. The minimum atomic E-state index is -0.498. The van der Waals surface area contributed by atoms with Crippen LogP contribution >= 0.6 is 0 Å². The van der Waals surface area contributed by atoms with Crippen molar-refractivity contribution in [1.82, 2.24) is 0 Å². The van der Waals surface area contributed by atoms with Gasteiger partial charge in [0.2, 0.25) is 0 Å². The first-order valence-electron chi connectivity index (χ1n) is 9.79. The zero-order valence-corrected chi connectivity index (χ0v) is 17.4. The number of non-ortho nitro benzene ring substituents is 1. The number of hydrogen-bond acceptors (Lipinski definition) is 6. The van der Waals surface area contributed by atoms with Crippen molar-refractivity contribution in [3.05, 3.63) is 52.6 Å². The molecular weight excluding hydrogens is 388 g/mol. The highest BCUT2D eigenvalue weighted by Crippen LogP contribution is 2.29. The highest BCUT2D eigenvalue weighted by molar-refractivity contribution is 5.95. The van der Waals surface area contributed by atoms with E-state index in [9.17, 15) is 14.9 Å². The fraction of sp³-hybridized carbons (Fsp3) is 0.381. The van der Waals surface area contributed by atoms with Crippen LogP contribution in [0.4, 0.5) is 17.1 Å². The number of rotatable bonds is 7. The van der Waals surface area contributed by atoms with Gasteiger partial charge in [-0.25, -0.2) is 0 Å². The van der Waals surface area contributed by atoms with E-state index >= 15 is 0 Å². The quantitative estimate of drug-likeness (QED) is 0.523. The Morgan fingerprint density at radius 3 is 2.53 bits per heavy atom. The third kappa shape index (κ3) is 4.80. The molecule has 160 valence electrons. The first-order valence-corrected chi connectivity index (χ1v) is 9.79. The summed E-state index contributed by atoms with van der Waals surface area (Å²) in [5, 5.41) is 13.8. The van der Waals surface area contributed by atoms with Crippen LogP contribution in [0.5, 0.6) is 11.5 Å². The van der Waals surface area contributed by atoms with Gasteiger partial charge in [-0.1, -0.05) is 6.07 Å². The Hall–Kier alpha value is -3.33. The molecule has 0 bridgehead atoms. The van der Waals surface area contributed by atoms with Crippen LogP contribution in [0.15, 0.2) is 42.5 Å². The number of nitro groups is 1. The summed E-state index contributed by atoms with van der Waals surface area (Å²) in [5.41, 5.74) is 1.31. The Labute approximate surface area is 175 Å². The summed E-state index contributed by atoms with van der Waals surface area (Å²) in [6.45, 7) is 5.12. The fourth-order valence-electron chi connectivity index (χ4n) is 3.63. The molecule has 1 amide bonds. The largest absolute Gasteiger partial charge is 0.497 e. The Balaban J connectivity index is 1.62. The van der Waals surface area contributed by atoms with Gasteiger partial charge < -0.3 is 24.6 Å². The van der Waals surface area contributed by atoms with Crippen molar-refractivity contribution >= 4 is 23.0 Å². The molecule has 0 spiro atoms. The zero-order valence-electron chi connectivity index (χ0n) is 17.4. The summed E-state index contributed by atoms with van der Waals surface area (Å²) >= 11 is 0. The molecule has 1 fully saturated rings. The number of piperazine rings is 1. The summed E-state index contributed by atoms with van der Waals surface area (Å²) in [6, 6.07) is 11.8. The Morgan fingerprint density at radius 1 is 1.17 bits per heavy atom. The van der Waals surface area contributed by atoms with Gasteiger partial charge >= 0.3 is 0 Å². The molecule has 9 heteroatoms. The molecule has 1 aliphatic rings. The molecule has 1 saturated heterocycles. The maximum absolute atomic E-state index is 12.8. The second-order valence-electron chi connectivity index (χ2n) is 7.20. The smallest absolute Gasteiger partial charge is 0.282 e. The van der Waals surface area contributed by atoms with Gasteiger partial charge in [0.1, 0.15) is 11.5 Å². The van der Waals surface area contributed by atoms with Crippen LogP contribution in [-0.4, -0.2) is 57.3 Å². The van der Waals surface area contributed by atoms with Crippen LogP contribution in [0.1, 0.15) is 6.92 Å². The highest BCUT2D eigenvalue weighted by atomic mass is 16.6. The standard InChI is InChI=1S/C21H26N4O5/c1-15(21(26)22-19-14-17(25(27)28)7-8-20(19)30-3)23-9-11-24(12-10-23)16-5-4-6-18(13-16)29-2/h4-8,13-15H,9-12H2,1-3H3,(H,22,26)/p+1/t15-/m0/s1. The number of ether oxygens (including phenoxy) is 2. The lowest BCUT2D eigenvalue weighted by Gasteiger charge is -2.36. The SMILES string of the molecule is COc1cccc(N2CC[NH+]([C@@H](C)C(=O)Nc3cc([N+](=O)[O-])ccc3OC)CC2)c1. The van der Waals surface area contributed by atoms with Gasteiger partial charge in [-0.2, -0.15) is 0 Å². The van der Waals surface area contributed by atoms with Gasteiger partial charge in [-0.15, -0.1) is 0 Å². The predicted molar refractivity (Wildman–Crippen MR) is 114 cm³/mol. The normalized spacial score (nSPS) is 15.4. The topological polar surface area (TPSA) is 98.4 Å². The van der Waals surface area contributed by atoms with Gasteiger partial charge in [0.05, 0.1) is 51.0 Å². The first-order chi connectivity index (χ1) is 14.4. The first kappa shape index (κ1) is 21.4. The molecule has 0 aromatic heterocycles. The number of carbonyl (C=O) groups excluding carboxylic acids is 1. The number of amides is 1. The van der Waals surface area contributed by atoms with Crippen molar-refractivity contribution in [3.8, 4) is 11.5 Å². The lowest BCUT2D eigenvalue weighted by atomic mass is 10.2. The molecule has 2 N–H and O–H groups in total. The summed E-state index contributed by atoms with van der Waals surface area (Å²) < 4.78 is 10.5. The minimum absolute atomic E-state index is 0.0991. The Kier molecular flexibility index (Phi) is 6.73. The number of benzene rings is 2. The van der Waals surface area contributed by atoms with E-state index in [1.54, 1.807) is 7.11 Å². The van der Waals surface area contributed by atoms with E-state index in [0.29, 0.717) is 11.4 Å². The molecule has 1 aliphatic heterocycles. The number of quaternary nitrogens is 1. The monoisotopic (exact) mass is 415 g/mol. The minimum Gasteiger partial charge on any atom is -0.497 e. The maximum atomic E-state index is 12.8. The molecule has 0 radical (unpaired) electrons. The van der Waals surface area contributed by atoms with E-state index in [2.05, 4.69) is 16.3 Å². The van der Waals surface area contributed by atoms with Crippen molar-refractivity contribution in [2.24, 2.45) is 0 Å². The molecule has 9 nitrogen and oxygen atoms in total. The summed E-state index contributed by atoms with van der Waals surface area (Å²) in [4.78, 5) is 26.8. The van der Waals surface area contributed by atoms with Crippen molar-refractivity contribution in [2.75, 3.05) is 50.6 Å². The average Bonchev–Trinajstić information content (AvgIpc) is 2.78. The summed E-state index contributed by atoms with van der Waals surface area (Å²) in [7, 11) is 3.11. The molecule has 0 aliphatic carbocycles. The van der Waals surface area contributed by atoms with Gasteiger partial charge in [-0.3, -0.25) is 14.9 Å². The molecule has 0 saturated carbocycles. The number of hydrogen-bond donors (Lipinski definition) is 2. The molecule has 30 heavy (non-hydrogen) atoms. The molecule has 0 unspecified atom stereocenters. The number of nitro benzene ring substituents is 1. The Bertz CT molecular complexity index is 912. The maximum Gasteiger partial charge on any atom is 0.282 e. The van der Waals surface area contributed by atoms with E-state index in [-0.39, 0.29) is 17.6 Å². The van der Waals surface area contributed by atoms with Crippen LogP contribution in [0, 0.1) is 10.1 Å². The third-order valence-corrected chi connectivity index (χ3v) is 5.48. The van der Waals surface area contributed by atoms with Gasteiger partial charge in [0, 0.05) is 23.9 Å². The van der Waals surface area contributed by atoms with E-state index in [1.807, 2.05) is 25.1 Å². The summed E-state index contributed by atoms with van der Waals surface area (Å²) in [6.07, 6.45) is 0. The van der Waals surface area contributed by atoms with Gasteiger partial charge in [0.25, 0.3) is 11.6 Å². The van der Waals surface area contributed by atoms with Crippen molar-refractivity contribution < 1.29 is 24.1 Å². The molecule has 3 rings (SSSR count). The van der Waals surface area contributed by atoms with Gasteiger partial charge in [-0.05, 0) is 25.1 Å². The van der Waals surface area contributed by atoms with E-state index < -0.39 is 4.92 Å². The summed E-state index contributed by atoms with van der Waals surface area (Å²) in [5.74, 6) is 1.01. The second-order valence-corrected chi connectivity index (χ2v) is 7.20. The third-order valence-electron chi connectivity index (χ3n) is 5.48. The van der Waals surface area contributed by atoms with Crippen LogP contribution in [0.25, 0.3) is 0 Å². The lowest BCUT2D eigenvalue weighted by Crippen LogP contribution is -3.19. The van der Waals surface area contributed by atoms with Crippen LogP contribution in [0.3, 0.4) is 0 Å². The van der Waals surface area contributed by atoms with E-state index in [4.69, 9.17) is 9.47 Å². The molecule has 1 atom stereocenters. The number of nitrogens with zero attached hydrogens (tertiary/aromatic N) is 2. The fourth-order valence-corrected chi connectivity index (χ4v) is 3.63. The van der Waals surface area contributed by atoms with Crippen LogP contribution < -0.4 is 24.6 Å². The van der Waals surface area contributed by atoms with Crippen molar-refractivity contribution in [2.45, 2.75) is 13.0 Å². The number of methoxy groups -OCH3 is 2. The zero-order chi connectivity index (χ0) is 21.7. The average molecular weight is 415 g/mol. The lowest BCUT2D eigenvalue weighted by molar-refractivity contribution is -0.914. The number of carbonyl (C=O) groups is 1. The number of nitrogens with one attached hydrogen (secondary N) is 2. The molecule has 2 aromatic rings. The van der Waals surface area contributed by atoms with Gasteiger partial charge in [0.15, 0.2) is 6.04 Å². The molecule has 2 aromatic carbocycles.